The molecule has 0 fully saturated rings. The van der Waals surface area contributed by atoms with Gasteiger partial charge in [0.05, 0.1) is 5.56 Å². The highest BCUT2D eigenvalue weighted by atomic mass is 16.5. The summed E-state index contributed by atoms with van der Waals surface area (Å²) in [5.74, 6) is 1.68. The van der Waals surface area contributed by atoms with Gasteiger partial charge in [0.1, 0.15) is 5.82 Å². The number of aromatic nitrogens is 4. The van der Waals surface area contributed by atoms with Gasteiger partial charge in [-0.1, -0.05) is 41.1 Å². The number of nitrogens with zero attached hydrogens (tertiary/aromatic N) is 4. The molecule has 6 heteroatoms. The first kappa shape index (κ1) is 16.0. The summed E-state index contributed by atoms with van der Waals surface area (Å²) >= 11 is 0. The van der Waals surface area contributed by atoms with Gasteiger partial charge in [-0.15, -0.1) is 0 Å². The number of hydrogen-bond acceptors (Lipinski definition) is 6. The number of rotatable bonds is 5. The summed E-state index contributed by atoms with van der Waals surface area (Å²) in [6.07, 6.45) is 5.30. The van der Waals surface area contributed by atoms with Crippen molar-refractivity contribution in [2.75, 3.05) is 5.32 Å². The minimum atomic E-state index is 0.433. The van der Waals surface area contributed by atoms with Gasteiger partial charge in [0.2, 0.25) is 5.82 Å². The standard InChI is InChI=1S/C20H17N5O/c1-14-6-8-16(9-7-14)18-24-20(26-25-18)17-5-3-11-22-19(17)23-13-15-4-2-10-21-12-15/h2-12H,13H2,1H3,(H,22,23). The summed E-state index contributed by atoms with van der Waals surface area (Å²) in [6, 6.07) is 15.7. The van der Waals surface area contributed by atoms with Gasteiger partial charge in [-0.3, -0.25) is 4.98 Å². The zero-order chi connectivity index (χ0) is 17.8. The number of hydrogen-bond donors (Lipinski definition) is 1. The molecule has 0 spiro atoms. The Morgan fingerprint density at radius 2 is 1.85 bits per heavy atom. The first-order valence-electron chi connectivity index (χ1n) is 8.28. The van der Waals surface area contributed by atoms with Crippen molar-refractivity contribution in [3.8, 4) is 22.8 Å². The Balaban J connectivity index is 1.59. The molecule has 1 aromatic carbocycles. The van der Waals surface area contributed by atoms with E-state index < -0.39 is 0 Å². The topological polar surface area (TPSA) is 76.7 Å². The van der Waals surface area contributed by atoms with Crippen molar-refractivity contribution in [1.82, 2.24) is 20.1 Å². The quantitative estimate of drug-likeness (QED) is 0.587. The second-order valence-corrected chi connectivity index (χ2v) is 5.90. The lowest BCUT2D eigenvalue weighted by Crippen LogP contribution is -2.03. The molecule has 6 nitrogen and oxygen atoms in total. The molecule has 128 valence electrons. The third-order valence-corrected chi connectivity index (χ3v) is 3.96. The second kappa shape index (κ2) is 7.14. The van der Waals surface area contributed by atoms with Crippen LogP contribution in [0.3, 0.4) is 0 Å². The molecule has 0 aliphatic rings. The summed E-state index contributed by atoms with van der Waals surface area (Å²) in [4.78, 5) is 13.0. The fourth-order valence-electron chi connectivity index (χ4n) is 2.56. The van der Waals surface area contributed by atoms with Gasteiger partial charge >= 0.3 is 0 Å². The molecule has 0 saturated heterocycles. The minimum absolute atomic E-state index is 0.433. The van der Waals surface area contributed by atoms with E-state index in [0.717, 1.165) is 16.7 Å². The molecule has 26 heavy (non-hydrogen) atoms. The number of benzene rings is 1. The smallest absolute Gasteiger partial charge is 0.261 e. The van der Waals surface area contributed by atoms with Crippen LogP contribution in [0.4, 0.5) is 5.82 Å². The predicted octanol–water partition coefficient (Wildman–Crippen LogP) is 4.11. The van der Waals surface area contributed by atoms with Crippen LogP contribution in [-0.2, 0) is 6.54 Å². The van der Waals surface area contributed by atoms with Crippen LogP contribution < -0.4 is 5.32 Å². The Morgan fingerprint density at radius 1 is 1.00 bits per heavy atom. The molecule has 1 N–H and O–H groups in total. The fraction of sp³-hybridized carbons (Fsp3) is 0.100. The molecule has 0 unspecified atom stereocenters. The normalized spacial score (nSPS) is 10.7. The van der Waals surface area contributed by atoms with E-state index in [1.165, 1.54) is 5.56 Å². The van der Waals surface area contributed by atoms with Crippen LogP contribution in [0.1, 0.15) is 11.1 Å². The third kappa shape index (κ3) is 3.44. The maximum atomic E-state index is 5.47. The average Bonchev–Trinajstić information content (AvgIpc) is 3.18. The number of pyridine rings is 2. The zero-order valence-corrected chi connectivity index (χ0v) is 14.3. The van der Waals surface area contributed by atoms with Crippen molar-refractivity contribution in [3.63, 3.8) is 0 Å². The van der Waals surface area contributed by atoms with Crippen molar-refractivity contribution in [1.29, 1.82) is 0 Å². The maximum Gasteiger partial charge on any atom is 0.261 e. The van der Waals surface area contributed by atoms with Crippen LogP contribution in [0.5, 0.6) is 0 Å². The highest BCUT2D eigenvalue weighted by Gasteiger charge is 2.14. The first-order chi connectivity index (χ1) is 12.8. The van der Waals surface area contributed by atoms with Gasteiger partial charge in [-0.2, -0.15) is 4.98 Å². The molecule has 0 aliphatic heterocycles. The van der Waals surface area contributed by atoms with Crippen molar-refractivity contribution < 1.29 is 4.52 Å². The van der Waals surface area contributed by atoms with Gasteiger partial charge in [-0.25, -0.2) is 4.98 Å². The highest BCUT2D eigenvalue weighted by Crippen LogP contribution is 2.27. The second-order valence-electron chi connectivity index (χ2n) is 5.90. The fourth-order valence-corrected chi connectivity index (χ4v) is 2.56. The molecule has 0 bridgehead atoms. The van der Waals surface area contributed by atoms with E-state index >= 15 is 0 Å². The van der Waals surface area contributed by atoms with E-state index in [9.17, 15) is 0 Å². The van der Waals surface area contributed by atoms with E-state index in [2.05, 4.69) is 25.4 Å². The summed E-state index contributed by atoms with van der Waals surface area (Å²) in [5.41, 5.74) is 3.93. The van der Waals surface area contributed by atoms with E-state index in [1.54, 1.807) is 12.4 Å². The lowest BCUT2D eigenvalue weighted by molar-refractivity contribution is 0.432. The average molecular weight is 343 g/mol. The molecule has 4 aromatic rings. The molecule has 4 rings (SSSR count). The van der Waals surface area contributed by atoms with Crippen molar-refractivity contribution >= 4 is 5.82 Å². The van der Waals surface area contributed by atoms with Gasteiger partial charge in [0.25, 0.3) is 5.89 Å². The molecule has 0 aliphatic carbocycles. The molecule has 3 aromatic heterocycles. The number of aryl methyl sites for hydroxylation is 1. The van der Waals surface area contributed by atoms with E-state index in [-0.39, 0.29) is 0 Å². The van der Waals surface area contributed by atoms with Gasteiger partial charge in [0, 0.05) is 30.7 Å². The molecule has 0 amide bonds. The van der Waals surface area contributed by atoms with Crippen LogP contribution in [0.2, 0.25) is 0 Å². The van der Waals surface area contributed by atoms with Crippen molar-refractivity contribution in [2.24, 2.45) is 0 Å². The Bertz CT molecular complexity index is 996. The van der Waals surface area contributed by atoms with Gasteiger partial charge in [-0.05, 0) is 30.7 Å². The van der Waals surface area contributed by atoms with Crippen molar-refractivity contribution in [2.45, 2.75) is 13.5 Å². The van der Waals surface area contributed by atoms with Gasteiger partial charge in [0.15, 0.2) is 0 Å². The summed E-state index contributed by atoms with van der Waals surface area (Å²) in [5, 5.41) is 7.41. The maximum absolute atomic E-state index is 5.47. The minimum Gasteiger partial charge on any atom is -0.365 e. The first-order valence-corrected chi connectivity index (χ1v) is 8.28. The Hall–Kier alpha value is -3.54. The largest absolute Gasteiger partial charge is 0.365 e. The Labute approximate surface area is 151 Å². The van der Waals surface area contributed by atoms with Crippen LogP contribution in [0.15, 0.2) is 71.6 Å². The van der Waals surface area contributed by atoms with E-state index in [1.807, 2.05) is 61.7 Å². The van der Waals surface area contributed by atoms with Crippen LogP contribution in [0, 0.1) is 6.92 Å². The van der Waals surface area contributed by atoms with Crippen molar-refractivity contribution in [3.05, 3.63) is 78.2 Å². The Kier molecular flexibility index (Phi) is 4.38. The van der Waals surface area contributed by atoms with Gasteiger partial charge < -0.3 is 9.84 Å². The third-order valence-electron chi connectivity index (χ3n) is 3.96. The summed E-state index contributed by atoms with van der Waals surface area (Å²) in [7, 11) is 0. The highest BCUT2D eigenvalue weighted by molar-refractivity contribution is 5.70. The molecule has 3 heterocycles. The lowest BCUT2D eigenvalue weighted by Gasteiger charge is -2.08. The summed E-state index contributed by atoms with van der Waals surface area (Å²) in [6.45, 7) is 2.65. The van der Waals surface area contributed by atoms with E-state index in [4.69, 9.17) is 4.52 Å². The number of nitrogens with one attached hydrogen (secondary N) is 1. The van der Waals surface area contributed by atoms with Crippen LogP contribution >= 0.6 is 0 Å². The predicted molar refractivity (Wildman–Crippen MR) is 99.3 cm³/mol. The monoisotopic (exact) mass is 343 g/mol. The van der Waals surface area contributed by atoms with Crippen LogP contribution in [0.25, 0.3) is 22.8 Å². The molecule has 0 atom stereocenters. The molecular weight excluding hydrogens is 326 g/mol. The summed E-state index contributed by atoms with van der Waals surface area (Å²) < 4.78 is 5.47. The molecular formula is C20H17N5O. The Morgan fingerprint density at radius 3 is 2.65 bits per heavy atom. The molecule has 0 saturated carbocycles. The van der Waals surface area contributed by atoms with Crippen LogP contribution in [-0.4, -0.2) is 20.1 Å². The van der Waals surface area contributed by atoms with E-state index in [0.29, 0.717) is 24.1 Å². The number of anilines is 1. The SMILES string of the molecule is Cc1ccc(-c2noc(-c3cccnc3NCc3cccnc3)n2)cc1. The molecule has 0 radical (unpaired) electrons. The zero-order valence-electron chi connectivity index (χ0n) is 14.3. The lowest BCUT2D eigenvalue weighted by atomic mass is 10.1.